The van der Waals surface area contributed by atoms with Crippen LogP contribution in [0.3, 0.4) is 0 Å². The molecule has 0 unspecified atom stereocenters. The van der Waals surface area contributed by atoms with Crippen molar-refractivity contribution in [2.24, 2.45) is 0 Å². The van der Waals surface area contributed by atoms with E-state index in [1.165, 1.54) is 0 Å². The second kappa shape index (κ2) is 5.67. The highest BCUT2D eigenvalue weighted by Crippen LogP contribution is 2.21. The predicted molar refractivity (Wildman–Crippen MR) is 83.7 cm³/mol. The monoisotopic (exact) mass is 280 g/mol. The number of carbonyl (C=O) groups excluding carboxylic acids is 1. The average molecular weight is 280 g/mol. The van der Waals surface area contributed by atoms with Crippen molar-refractivity contribution in [3.8, 4) is 0 Å². The van der Waals surface area contributed by atoms with Crippen molar-refractivity contribution < 1.29 is 4.79 Å². The first-order valence-corrected chi connectivity index (χ1v) is 7.07. The lowest BCUT2D eigenvalue weighted by molar-refractivity contribution is -0.111. The molecule has 0 saturated heterocycles. The molecule has 1 amide bonds. The van der Waals surface area contributed by atoms with Crippen molar-refractivity contribution >= 4 is 39.9 Å². The smallest absolute Gasteiger partial charge is 0.248 e. The Kier molecular flexibility index (Phi) is 3.56. The highest BCUT2D eigenvalue weighted by atomic mass is 32.1. The zero-order valence-corrected chi connectivity index (χ0v) is 11.4. The summed E-state index contributed by atoms with van der Waals surface area (Å²) in [6, 6.07) is 13.5. The van der Waals surface area contributed by atoms with Gasteiger partial charge >= 0.3 is 0 Å². The van der Waals surface area contributed by atoms with Crippen LogP contribution in [0.25, 0.3) is 17.0 Å². The standard InChI is InChI=1S/C16H12N2OS/c19-16(8-7-12-4-3-11-20-12)18-15-9-10-17-14-6-2-1-5-13(14)15/h1-11H,(H,17,18,19)/b8-7+. The van der Waals surface area contributed by atoms with Crippen molar-refractivity contribution in [2.45, 2.75) is 0 Å². The van der Waals surface area contributed by atoms with Crippen molar-refractivity contribution in [2.75, 3.05) is 5.32 Å². The molecule has 3 rings (SSSR count). The lowest BCUT2D eigenvalue weighted by atomic mass is 10.2. The maximum Gasteiger partial charge on any atom is 0.248 e. The van der Waals surface area contributed by atoms with Gasteiger partial charge in [-0.25, -0.2) is 0 Å². The number of hydrogen-bond donors (Lipinski definition) is 1. The zero-order valence-electron chi connectivity index (χ0n) is 10.6. The summed E-state index contributed by atoms with van der Waals surface area (Å²) in [4.78, 5) is 17.3. The van der Waals surface area contributed by atoms with Gasteiger partial charge in [0.1, 0.15) is 0 Å². The van der Waals surface area contributed by atoms with Crippen LogP contribution < -0.4 is 5.32 Å². The van der Waals surface area contributed by atoms with Crippen molar-refractivity contribution in [1.82, 2.24) is 4.98 Å². The Labute approximate surface area is 120 Å². The first kappa shape index (κ1) is 12.6. The van der Waals surface area contributed by atoms with E-state index in [0.29, 0.717) is 0 Å². The van der Waals surface area contributed by atoms with Gasteiger partial charge in [-0.2, -0.15) is 0 Å². The van der Waals surface area contributed by atoms with Crippen LogP contribution in [0.15, 0.2) is 60.1 Å². The van der Waals surface area contributed by atoms with E-state index < -0.39 is 0 Å². The van der Waals surface area contributed by atoms with E-state index in [0.717, 1.165) is 21.5 Å². The summed E-state index contributed by atoms with van der Waals surface area (Å²) < 4.78 is 0. The van der Waals surface area contributed by atoms with E-state index in [9.17, 15) is 4.79 Å². The Hall–Kier alpha value is -2.46. The Morgan fingerprint density at radius 2 is 2.05 bits per heavy atom. The molecule has 98 valence electrons. The number of benzene rings is 1. The molecule has 1 N–H and O–H groups in total. The maximum atomic E-state index is 11.9. The number of rotatable bonds is 3. The lowest BCUT2D eigenvalue weighted by Crippen LogP contribution is -2.08. The fourth-order valence-corrected chi connectivity index (χ4v) is 2.54. The lowest BCUT2D eigenvalue weighted by Gasteiger charge is -2.05. The topological polar surface area (TPSA) is 42.0 Å². The van der Waals surface area contributed by atoms with Crippen LogP contribution in [0, 0.1) is 0 Å². The summed E-state index contributed by atoms with van der Waals surface area (Å²) in [6.45, 7) is 0. The van der Waals surface area contributed by atoms with Gasteiger partial charge in [-0.05, 0) is 29.7 Å². The number of hydrogen-bond acceptors (Lipinski definition) is 3. The Balaban J connectivity index is 1.81. The molecule has 0 aliphatic heterocycles. The number of para-hydroxylation sites is 1. The minimum atomic E-state index is -0.144. The van der Waals surface area contributed by atoms with Gasteiger partial charge < -0.3 is 5.32 Å². The number of nitrogens with zero attached hydrogens (tertiary/aromatic N) is 1. The third-order valence-electron chi connectivity index (χ3n) is 2.85. The molecule has 0 spiro atoms. The molecule has 0 fully saturated rings. The number of amides is 1. The van der Waals surface area contributed by atoms with E-state index in [2.05, 4.69) is 10.3 Å². The summed E-state index contributed by atoms with van der Waals surface area (Å²) in [5, 5.41) is 5.80. The molecule has 20 heavy (non-hydrogen) atoms. The number of pyridine rings is 1. The van der Waals surface area contributed by atoms with Crippen LogP contribution in [-0.2, 0) is 4.79 Å². The van der Waals surface area contributed by atoms with Gasteiger partial charge in [0.05, 0.1) is 11.2 Å². The third-order valence-corrected chi connectivity index (χ3v) is 3.69. The minimum Gasteiger partial charge on any atom is -0.322 e. The maximum absolute atomic E-state index is 11.9. The van der Waals surface area contributed by atoms with Crippen molar-refractivity contribution in [3.05, 3.63) is 65.0 Å². The highest BCUT2D eigenvalue weighted by Gasteiger charge is 2.03. The molecule has 1 aromatic carbocycles. The Morgan fingerprint density at radius 1 is 1.15 bits per heavy atom. The summed E-state index contributed by atoms with van der Waals surface area (Å²) in [5.41, 5.74) is 1.64. The summed E-state index contributed by atoms with van der Waals surface area (Å²) >= 11 is 1.60. The molecular formula is C16H12N2OS. The number of nitrogens with one attached hydrogen (secondary N) is 1. The summed E-state index contributed by atoms with van der Waals surface area (Å²) in [5.74, 6) is -0.144. The molecule has 3 nitrogen and oxygen atoms in total. The van der Waals surface area contributed by atoms with Crippen LogP contribution in [0.2, 0.25) is 0 Å². The van der Waals surface area contributed by atoms with Crippen LogP contribution in [-0.4, -0.2) is 10.9 Å². The molecule has 0 aliphatic rings. The Morgan fingerprint density at radius 3 is 2.90 bits per heavy atom. The molecule has 2 heterocycles. The minimum absolute atomic E-state index is 0.144. The number of carbonyl (C=O) groups is 1. The molecule has 4 heteroatoms. The zero-order chi connectivity index (χ0) is 13.8. The molecule has 0 aliphatic carbocycles. The van der Waals surface area contributed by atoms with Gasteiger partial charge in [-0.15, -0.1) is 11.3 Å². The SMILES string of the molecule is O=C(/C=C/c1cccs1)Nc1ccnc2ccccc12. The van der Waals surface area contributed by atoms with E-state index in [1.54, 1.807) is 29.7 Å². The van der Waals surface area contributed by atoms with Gasteiger partial charge in [-0.1, -0.05) is 24.3 Å². The molecule has 0 bridgehead atoms. The number of fused-ring (bicyclic) bond motifs is 1. The van der Waals surface area contributed by atoms with Gasteiger partial charge in [0.25, 0.3) is 0 Å². The van der Waals surface area contributed by atoms with Crippen LogP contribution in [0.4, 0.5) is 5.69 Å². The van der Waals surface area contributed by atoms with Gasteiger partial charge in [0, 0.05) is 22.5 Å². The van der Waals surface area contributed by atoms with Crippen molar-refractivity contribution in [1.29, 1.82) is 0 Å². The first-order valence-electron chi connectivity index (χ1n) is 6.19. The molecular weight excluding hydrogens is 268 g/mol. The third kappa shape index (κ3) is 2.75. The second-order valence-corrected chi connectivity index (χ2v) is 5.19. The molecule has 2 aromatic heterocycles. The van der Waals surface area contributed by atoms with E-state index in [1.807, 2.05) is 47.9 Å². The molecule has 0 radical (unpaired) electrons. The van der Waals surface area contributed by atoms with Crippen molar-refractivity contribution in [3.63, 3.8) is 0 Å². The molecule has 0 saturated carbocycles. The van der Waals surface area contributed by atoms with Crippen LogP contribution in [0.1, 0.15) is 4.88 Å². The second-order valence-electron chi connectivity index (χ2n) is 4.21. The number of anilines is 1. The highest BCUT2D eigenvalue weighted by molar-refractivity contribution is 7.10. The van der Waals surface area contributed by atoms with E-state index >= 15 is 0 Å². The largest absolute Gasteiger partial charge is 0.322 e. The summed E-state index contributed by atoms with van der Waals surface area (Å²) in [6.07, 6.45) is 5.05. The van der Waals surface area contributed by atoms with Gasteiger partial charge in [-0.3, -0.25) is 9.78 Å². The fourth-order valence-electron chi connectivity index (χ4n) is 1.92. The number of thiophene rings is 1. The first-order chi connectivity index (χ1) is 9.83. The quantitative estimate of drug-likeness (QED) is 0.738. The van der Waals surface area contributed by atoms with Gasteiger partial charge in [0.2, 0.25) is 5.91 Å². The summed E-state index contributed by atoms with van der Waals surface area (Å²) in [7, 11) is 0. The predicted octanol–water partition coefficient (Wildman–Crippen LogP) is 3.95. The Bertz CT molecular complexity index is 758. The molecule has 0 atom stereocenters. The fraction of sp³-hybridized carbons (Fsp3) is 0. The average Bonchev–Trinajstić information content (AvgIpc) is 2.99. The molecule has 3 aromatic rings. The number of aromatic nitrogens is 1. The van der Waals surface area contributed by atoms with E-state index in [-0.39, 0.29) is 5.91 Å². The van der Waals surface area contributed by atoms with Crippen LogP contribution in [0.5, 0.6) is 0 Å². The van der Waals surface area contributed by atoms with E-state index in [4.69, 9.17) is 0 Å². The van der Waals surface area contributed by atoms with Crippen LogP contribution >= 0.6 is 11.3 Å². The van der Waals surface area contributed by atoms with Gasteiger partial charge in [0.15, 0.2) is 0 Å². The normalized spacial score (nSPS) is 11.0.